The molecule has 0 atom stereocenters. The number of carbonyl (C=O) groups is 1. The number of nitrogens with one attached hydrogen (secondary N) is 1. The molecule has 5 nitrogen and oxygen atoms in total. The standard InChI is InChI=1S/C24H26N2O3.C2H6.CH4S.CH3.Pd/c1-19(27)25-14-15-26(21-10-6-12-23(16-21)28-2)22-11-7-13-24(17-22)29-18-20-8-4-3-5-9-20;2*1-2;;/h3-13,16-17H,14-15,18H2,1-2H3,(H,25,27);1-2H3;2H,1H3;1H3;/q;;;-1;. The number of anilines is 2. The molecule has 196 valence electrons. The Morgan fingerprint density at radius 1 is 0.886 bits per heavy atom. The van der Waals surface area contributed by atoms with Crippen molar-refractivity contribution in [2.24, 2.45) is 0 Å². The molecule has 3 aromatic rings. The van der Waals surface area contributed by atoms with Gasteiger partial charge in [0.15, 0.2) is 0 Å². The minimum Gasteiger partial charge on any atom is -0.497 e. The number of ether oxygens (including phenoxy) is 2. The molecule has 0 aromatic heterocycles. The van der Waals surface area contributed by atoms with E-state index in [1.54, 1.807) is 13.4 Å². The van der Waals surface area contributed by atoms with Crippen molar-refractivity contribution in [3.63, 3.8) is 0 Å². The Hall–Kier alpha value is -2.46. The Balaban J connectivity index is 0. The molecule has 35 heavy (non-hydrogen) atoms. The summed E-state index contributed by atoms with van der Waals surface area (Å²) in [5, 5.41) is 2.86. The maximum absolute atomic E-state index is 11.3. The van der Waals surface area contributed by atoms with Crippen molar-refractivity contribution in [2.45, 2.75) is 27.4 Å². The molecule has 3 aromatic carbocycles. The van der Waals surface area contributed by atoms with Crippen LogP contribution in [-0.2, 0) is 31.8 Å². The molecule has 0 saturated carbocycles. The second-order valence-electron chi connectivity index (χ2n) is 6.61. The van der Waals surface area contributed by atoms with Crippen molar-refractivity contribution in [3.8, 4) is 11.5 Å². The minimum absolute atomic E-state index is 0. The Morgan fingerprint density at radius 2 is 1.43 bits per heavy atom. The summed E-state index contributed by atoms with van der Waals surface area (Å²) in [7, 11) is 1.65. The average molecular weight is 590 g/mol. The Labute approximate surface area is 231 Å². The minimum atomic E-state index is -0.0458. The van der Waals surface area contributed by atoms with E-state index in [1.165, 1.54) is 6.92 Å². The van der Waals surface area contributed by atoms with Crippen molar-refractivity contribution in [3.05, 3.63) is 91.9 Å². The van der Waals surface area contributed by atoms with Gasteiger partial charge in [-0.15, -0.1) is 0 Å². The normalized spacial score (nSPS) is 8.86. The predicted octanol–water partition coefficient (Wildman–Crippen LogP) is 6.57. The number of amides is 1. The first kappa shape index (κ1) is 34.7. The second-order valence-corrected chi connectivity index (χ2v) is 6.61. The van der Waals surface area contributed by atoms with Gasteiger partial charge >= 0.3 is 0 Å². The average Bonchev–Trinajstić information content (AvgIpc) is 2.88. The first-order valence-corrected chi connectivity index (χ1v) is 11.9. The van der Waals surface area contributed by atoms with Crippen molar-refractivity contribution in [1.82, 2.24) is 5.32 Å². The van der Waals surface area contributed by atoms with Crippen LogP contribution in [0.1, 0.15) is 26.3 Å². The maximum atomic E-state index is 11.3. The van der Waals surface area contributed by atoms with Crippen LogP contribution in [0.2, 0.25) is 0 Å². The molecular weight excluding hydrogens is 551 g/mol. The van der Waals surface area contributed by atoms with Gasteiger partial charge in [0, 0.05) is 63.9 Å². The van der Waals surface area contributed by atoms with Crippen molar-refractivity contribution < 1.29 is 34.7 Å². The van der Waals surface area contributed by atoms with E-state index in [0.717, 1.165) is 28.4 Å². The molecule has 3 rings (SSSR count). The molecule has 0 aliphatic rings. The zero-order valence-corrected chi connectivity index (χ0v) is 24.0. The van der Waals surface area contributed by atoms with Gasteiger partial charge in [0.2, 0.25) is 5.91 Å². The van der Waals surface area contributed by atoms with Gasteiger partial charge in [0.1, 0.15) is 18.1 Å². The van der Waals surface area contributed by atoms with Gasteiger partial charge in [-0.1, -0.05) is 56.3 Å². The number of hydrogen-bond acceptors (Lipinski definition) is 5. The number of methoxy groups -OCH3 is 1. The van der Waals surface area contributed by atoms with Crippen LogP contribution < -0.4 is 19.7 Å². The fourth-order valence-electron chi connectivity index (χ4n) is 3.01. The zero-order chi connectivity index (χ0) is 24.5. The van der Waals surface area contributed by atoms with Gasteiger partial charge in [-0.05, 0) is 36.1 Å². The number of rotatable bonds is 9. The molecule has 0 unspecified atom stereocenters. The first-order chi connectivity index (χ1) is 16.2. The molecule has 0 radical (unpaired) electrons. The smallest absolute Gasteiger partial charge is 0.216 e. The maximum Gasteiger partial charge on any atom is 0.216 e. The summed E-state index contributed by atoms with van der Waals surface area (Å²) < 4.78 is 11.4. The van der Waals surface area contributed by atoms with Crippen molar-refractivity contribution in [2.75, 3.05) is 31.4 Å². The molecule has 0 aliphatic carbocycles. The topological polar surface area (TPSA) is 50.8 Å². The summed E-state index contributed by atoms with van der Waals surface area (Å²) >= 11 is 3.53. The third kappa shape index (κ3) is 12.7. The van der Waals surface area contributed by atoms with E-state index in [4.69, 9.17) is 9.47 Å². The first-order valence-electron chi connectivity index (χ1n) is 11.0. The van der Waals surface area contributed by atoms with Gasteiger partial charge in [0.05, 0.1) is 7.11 Å². The van der Waals surface area contributed by atoms with Crippen LogP contribution in [0.3, 0.4) is 0 Å². The van der Waals surface area contributed by atoms with E-state index in [2.05, 4.69) is 22.8 Å². The van der Waals surface area contributed by atoms with Gasteiger partial charge in [-0.25, -0.2) is 0 Å². The Kier molecular flexibility index (Phi) is 20.7. The monoisotopic (exact) mass is 589 g/mol. The summed E-state index contributed by atoms with van der Waals surface area (Å²) in [5.74, 6) is 1.53. The van der Waals surface area contributed by atoms with E-state index >= 15 is 0 Å². The number of benzene rings is 3. The largest absolute Gasteiger partial charge is 0.497 e. The Bertz CT molecular complexity index is 942. The molecule has 1 N–H and O–H groups in total. The van der Waals surface area contributed by atoms with Crippen molar-refractivity contribution >= 4 is 29.9 Å². The molecule has 7 heteroatoms. The molecule has 0 spiro atoms. The van der Waals surface area contributed by atoms with E-state index in [9.17, 15) is 4.79 Å². The molecule has 0 saturated heterocycles. The third-order valence-electron chi connectivity index (χ3n) is 4.45. The van der Waals surface area contributed by atoms with Gasteiger partial charge in [-0.3, -0.25) is 4.79 Å². The number of carbonyl (C=O) groups excluding carboxylic acids is 1. The summed E-state index contributed by atoms with van der Waals surface area (Å²) in [6.07, 6.45) is 1.69. The third-order valence-corrected chi connectivity index (χ3v) is 4.45. The molecule has 0 fully saturated rings. The van der Waals surface area contributed by atoms with Crippen LogP contribution in [0.5, 0.6) is 11.5 Å². The van der Waals surface area contributed by atoms with Crippen molar-refractivity contribution in [1.29, 1.82) is 0 Å². The molecule has 1 amide bonds. The zero-order valence-electron chi connectivity index (χ0n) is 21.6. The predicted molar refractivity (Wildman–Crippen MR) is 149 cm³/mol. The van der Waals surface area contributed by atoms with Crippen LogP contribution in [0.4, 0.5) is 11.4 Å². The number of nitrogens with zero attached hydrogens (tertiary/aromatic N) is 1. The second kappa shape index (κ2) is 20.9. The molecule has 0 heterocycles. The summed E-state index contributed by atoms with van der Waals surface area (Å²) in [4.78, 5) is 13.4. The van der Waals surface area contributed by atoms with Crippen LogP contribution in [0.25, 0.3) is 0 Å². The number of hydrogen-bond donors (Lipinski definition) is 2. The molecule has 0 aliphatic heterocycles. The summed E-state index contributed by atoms with van der Waals surface area (Å²) in [6, 6.07) is 25.9. The van der Waals surface area contributed by atoms with Gasteiger partial charge in [0.25, 0.3) is 0 Å². The SMILES string of the molecule is CC.COc1cccc(N(CCNC(C)=O)c2cccc(OCc3ccccc3)c2)c1.CS.[CH3-].[Pd]. The summed E-state index contributed by atoms with van der Waals surface area (Å²) in [6.45, 7) is 7.18. The van der Waals surface area contributed by atoms with E-state index in [1.807, 2.05) is 92.7 Å². The van der Waals surface area contributed by atoms with E-state index in [0.29, 0.717) is 19.7 Å². The van der Waals surface area contributed by atoms with Gasteiger partial charge in [-0.2, -0.15) is 12.6 Å². The Morgan fingerprint density at radius 3 is 1.97 bits per heavy atom. The summed E-state index contributed by atoms with van der Waals surface area (Å²) in [5.41, 5.74) is 3.08. The molecular formula is C28H39N2O3PdS-. The van der Waals surface area contributed by atoms with Crippen LogP contribution in [0, 0.1) is 7.43 Å². The van der Waals surface area contributed by atoms with E-state index in [-0.39, 0.29) is 33.8 Å². The van der Waals surface area contributed by atoms with Crippen LogP contribution >= 0.6 is 12.6 Å². The van der Waals surface area contributed by atoms with Crippen LogP contribution in [0.15, 0.2) is 78.9 Å². The molecule has 0 bridgehead atoms. The quantitative estimate of drug-likeness (QED) is 0.168. The van der Waals surface area contributed by atoms with Gasteiger partial charge < -0.3 is 27.1 Å². The van der Waals surface area contributed by atoms with Crippen LogP contribution in [-0.4, -0.2) is 32.4 Å². The fourth-order valence-corrected chi connectivity index (χ4v) is 3.01. The number of thiol groups is 1. The van der Waals surface area contributed by atoms with E-state index < -0.39 is 0 Å². The fraction of sp³-hybridized carbons (Fsp3) is 0.286.